The SMILES string of the molecule is C=Cc1ccc2c(c1)CCN2C(=O)c1cc(N2CCC(n3c(=O)[nH]c4ncccc43)CC2)ncn1. The molecule has 0 bridgehead atoms. The van der Waals surface area contributed by atoms with Gasteiger partial charge in [0.1, 0.15) is 17.8 Å². The van der Waals surface area contributed by atoms with Crippen molar-refractivity contribution < 1.29 is 4.79 Å². The number of piperidine rings is 1. The number of pyridine rings is 1. The number of nitrogens with one attached hydrogen (secondary N) is 1. The molecule has 9 nitrogen and oxygen atoms in total. The number of amides is 1. The number of aromatic nitrogens is 5. The number of anilines is 2. The van der Waals surface area contributed by atoms with Crippen LogP contribution in [0.2, 0.25) is 0 Å². The molecule has 9 heteroatoms. The maximum absolute atomic E-state index is 13.3. The number of imidazole rings is 1. The Morgan fingerprint density at radius 3 is 2.77 bits per heavy atom. The average molecular weight is 468 g/mol. The molecular formula is C26H25N7O2. The Kier molecular flexibility index (Phi) is 5.17. The molecule has 6 rings (SSSR count). The molecule has 0 unspecified atom stereocenters. The van der Waals surface area contributed by atoms with Crippen molar-refractivity contribution >= 4 is 34.7 Å². The fraction of sp³-hybridized carbons (Fsp3) is 0.269. The van der Waals surface area contributed by atoms with E-state index in [0.717, 1.165) is 60.5 Å². The van der Waals surface area contributed by atoms with E-state index in [0.29, 0.717) is 17.9 Å². The van der Waals surface area contributed by atoms with Gasteiger partial charge in [-0.05, 0) is 54.7 Å². The van der Waals surface area contributed by atoms with Crippen LogP contribution in [0, 0.1) is 0 Å². The summed E-state index contributed by atoms with van der Waals surface area (Å²) in [5.74, 6) is 0.614. The summed E-state index contributed by atoms with van der Waals surface area (Å²) < 4.78 is 1.82. The summed E-state index contributed by atoms with van der Waals surface area (Å²) in [7, 11) is 0. The standard InChI is InChI=1S/C26H25N7O2/c1-2-17-5-6-21-18(14-17)7-13-32(21)25(34)20-15-23(29-16-28-20)31-11-8-19(9-12-31)33-22-4-3-10-27-24(22)30-26(33)35/h2-6,10,14-16,19H,1,7-9,11-13H2,(H,27,30,35). The Morgan fingerprint density at radius 1 is 1.09 bits per heavy atom. The topological polar surface area (TPSA) is 100 Å². The van der Waals surface area contributed by atoms with Crippen LogP contribution in [-0.4, -0.2) is 50.0 Å². The molecule has 2 aliphatic heterocycles. The van der Waals surface area contributed by atoms with Gasteiger partial charge in [-0.3, -0.25) is 14.3 Å². The predicted molar refractivity (Wildman–Crippen MR) is 135 cm³/mol. The lowest BCUT2D eigenvalue weighted by molar-refractivity contribution is 0.0984. The van der Waals surface area contributed by atoms with E-state index in [2.05, 4.69) is 37.5 Å². The summed E-state index contributed by atoms with van der Waals surface area (Å²) in [5.41, 5.74) is 4.84. The molecule has 3 aromatic heterocycles. The van der Waals surface area contributed by atoms with Crippen LogP contribution >= 0.6 is 0 Å². The first-order valence-electron chi connectivity index (χ1n) is 11.8. The first kappa shape index (κ1) is 21.3. The lowest BCUT2D eigenvalue weighted by Crippen LogP contribution is -2.37. The number of aromatic amines is 1. The minimum Gasteiger partial charge on any atom is -0.356 e. The van der Waals surface area contributed by atoms with Crippen molar-refractivity contribution in [3.05, 3.63) is 82.8 Å². The highest BCUT2D eigenvalue weighted by molar-refractivity contribution is 6.06. The Balaban J connectivity index is 1.19. The molecule has 0 radical (unpaired) electrons. The van der Waals surface area contributed by atoms with E-state index in [4.69, 9.17) is 0 Å². The molecule has 0 saturated carbocycles. The van der Waals surface area contributed by atoms with Gasteiger partial charge in [0.05, 0.1) is 5.52 Å². The lowest BCUT2D eigenvalue weighted by atomic mass is 10.0. The summed E-state index contributed by atoms with van der Waals surface area (Å²) in [4.78, 5) is 45.6. The maximum Gasteiger partial charge on any atom is 0.327 e. The molecule has 1 aromatic carbocycles. The van der Waals surface area contributed by atoms with Gasteiger partial charge in [0.15, 0.2) is 5.65 Å². The molecule has 176 valence electrons. The van der Waals surface area contributed by atoms with Crippen molar-refractivity contribution in [3.63, 3.8) is 0 Å². The van der Waals surface area contributed by atoms with Gasteiger partial charge in [0.2, 0.25) is 0 Å². The number of carbonyl (C=O) groups is 1. The molecule has 5 heterocycles. The van der Waals surface area contributed by atoms with E-state index in [-0.39, 0.29) is 17.6 Å². The summed E-state index contributed by atoms with van der Waals surface area (Å²) in [6.07, 6.45) is 7.36. The molecule has 1 fully saturated rings. The summed E-state index contributed by atoms with van der Waals surface area (Å²) in [6, 6.07) is 11.7. The van der Waals surface area contributed by atoms with Crippen LogP contribution in [0.15, 0.2) is 60.3 Å². The molecule has 0 aliphatic carbocycles. The molecule has 4 aromatic rings. The number of hydrogen-bond acceptors (Lipinski definition) is 6. The van der Waals surface area contributed by atoms with Crippen LogP contribution in [0.4, 0.5) is 11.5 Å². The van der Waals surface area contributed by atoms with Gasteiger partial charge >= 0.3 is 5.69 Å². The second-order valence-corrected chi connectivity index (χ2v) is 8.95. The largest absolute Gasteiger partial charge is 0.356 e. The van der Waals surface area contributed by atoms with E-state index >= 15 is 0 Å². The van der Waals surface area contributed by atoms with E-state index in [1.807, 2.05) is 34.9 Å². The minimum atomic E-state index is -0.127. The highest BCUT2D eigenvalue weighted by atomic mass is 16.2. The number of fused-ring (bicyclic) bond motifs is 2. The quantitative estimate of drug-likeness (QED) is 0.495. The lowest BCUT2D eigenvalue weighted by Gasteiger charge is -2.33. The van der Waals surface area contributed by atoms with Gasteiger partial charge in [-0.15, -0.1) is 0 Å². The third kappa shape index (κ3) is 3.69. The molecule has 1 N–H and O–H groups in total. The first-order chi connectivity index (χ1) is 17.1. The summed E-state index contributed by atoms with van der Waals surface area (Å²) in [5, 5.41) is 0. The highest BCUT2D eigenvalue weighted by Crippen LogP contribution is 2.31. The fourth-order valence-corrected chi connectivity index (χ4v) is 5.21. The van der Waals surface area contributed by atoms with Gasteiger partial charge in [0.25, 0.3) is 5.91 Å². The minimum absolute atomic E-state index is 0.0844. The summed E-state index contributed by atoms with van der Waals surface area (Å²) in [6.45, 7) is 5.91. The number of benzene rings is 1. The third-order valence-corrected chi connectivity index (χ3v) is 7.00. The smallest absolute Gasteiger partial charge is 0.327 e. The zero-order valence-electron chi connectivity index (χ0n) is 19.2. The second-order valence-electron chi connectivity index (χ2n) is 8.95. The van der Waals surface area contributed by atoms with Crippen molar-refractivity contribution in [1.82, 2.24) is 24.5 Å². The normalized spacial score (nSPS) is 16.0. The number of rotatable bonds is 4. The molecule has 1 saturated heterocycles. The van der Waals surface area contributed by atoms with Gasteiger partial charge in [-0.25, -0.2) is 19.7 Å². The van der Waals surface area contributed by atoms with Crippen LogP contribution in [0.25, 0.3) is 17.2 Å². The van der Waals surface area contributed by atoms with Crippen LogP contribution in [0.1, 0.15) is 40.5 Å². The zero-order valence-corrected chi connectivity index (χ0v) is 19.2. The third-order valence-electron chi connectivity index (χ3n) is 7.00. The van der Waals surface area contributed by atoms with Gasteiger partial charge in [-0.1, -0.05) is 18.7 Å². The Labute approximate surface area is 201 Å². The number of nitrogens with zero attached hydrogens (tertiary/aromatic N) is 6. The van der Waals surface area contributed by atoms with Crippen LogP contribution in [-0.2, 0) is 6.42 Å². The Hall–Kier alpha value is -4.27. The fourth-order valence-electron chi connectivity index (χ4n) is 5.21. The molecular weight excluding hydrogens is 442 g/mol. The Bertz CT molecular complexity index is 1500. The molecule has 35 heavy (non-hydrogen) atoms. The van der Waals surface area contributed by atoms with Crippen molar-refractivity contribution in [2.24, 2.45) is 0 Å². The van der Waals surface area contributed by atoms with Crippen LogP contribution < -0.4 is 15.5 Å². The molecule has 2 aliphatic rings. The average Bonchev–Trinajstić information content (AvgIpc) is 3.48. The van der Waals surface area contributed by atoms with Gasteiger partial charge in [0, 0.05) is 43.6 Å². The number of hydrogen-bond donors (Lipinski definition) is 1. The first-order valence-corrected chi connectivity index (χ1v) is 11.8. The number of carbonyl (C=O) groups excluding carboxylic acids is 1. The van der Waals surface area contributed by atoms with Crippen molar-refractivity contribution in [2.45, 2.75) is 25.3 Å². The van der Waals surface area contributed by atoms with Gasteiger partial charge in [-0.2, -0.15) is 0 Å². The second kappa shape index (κ2) is 8.50. The van der Waals surface area contributed by atoms with Gasteiger partial charge < -0.3 is 9.80 Å². The van der Waals surface area contributed by atoms with E-state index < -0.39 is 0 Å². The molecule has 1 amide bonds. The zero-order chi connectivity index (χ0) is 23.9. The van der Waals surface area contributed by atoms with Crippen molar-refractivity contribution in [1.29, 1.82) is 0 Å². The predicted octanol–water partition coefficient (Wildman–Crippen LogP) is 3.20. The maximum atomic E-state index is 13.3. The molecule has 0 spiro atoms. The van der Waals surface area contributed by atoms with Crippen molar-refractivity contribution in [3.8, 4) is 0 Å². The number of H-pyrrole nitrogens is 1. The van der Waals surface area contributed by atoms with E-state index in [1.165, 1.54) is 6.33 Å². The van der Waals surface area contributed by atoms with Crippen LogP contribution in [0.3, 0.4) is 0 Å². The van der Waals surface area contributed by atoms with E-state index in [9.17, 15) is 9.59 Å². The van der Waals surface area contributed by atoms with Crippen molar-refractivity contribution in [2.75, 3.05) is 29.4 Å². The monoisotopic (exact) mass is 467 g/mol. The van der Waals surface area contributed by atoms with Crippen LogP contribution in [0.5, 0.6) is 0 Å². The highest BCUT2D eigenvalue weighted by Gasteiger charge is 2.28. The van der Waals surface area contributed by atoms with E-state index in [1.54, 1.807) is 17.2 Å². The molecule has 0 atom stereocenters. The summed E-state index contributed by atoms with van der Waals surface area (Å²) >= 11 is 0. The Morgan fingerprint density at radius 2 is 1.94 bits per heavy atom.